The van der Waals surface area contributed by atoms with Gasteiger partial charge in [-0.25, -0.2) is 0 Å². The number of carbonyl (C=O) groups excluding carboxylic acids is 1. The number of carboxylic acids is 1. The Morgan fingerprint density at radius 3 is 2.30 bits per heavy atom. The number of nitrogens with one attached hydrogen (secondary N) is 2. The second-order valence-corrected chi connectivity index (χ2v) is 7.71. The number of rotatable bonds is 8. The minimum absolute atomic E-state index is 0.114. The lowest BCUT2D eigenvalue weighted by molar-refractivity contribution is -0.143. The van der Waals surface area contributed by atoms with Gasteiger partial charge in [-0.1, -0.05) is 54.6 Å². The molecular formula is C22H22N4O4. The summed E-state index contributed by atoms with van der Waals surface area (Å²) in [6.07, 6.45) is 2.01. The number of benzene rings is 2. The van der Waals surface area contributed by atoms with Crippen LogP contribution in [-0.4, -0.2) is 43.3 Å². The highest BCUT2D eigenvalue weighted by molar-refractivity contribution is 5.90. The molecule has 0 spiro atoms. The molecule has 2 aromatic carbocycles. The Morgan fingerprint density at radius 1 is 1.07 bits per heavy atom. The number of aromatic nitrogens is 3. The van der Waals surface area contributed by atoms with E-state index in [2.05, 4.69) is 20.5 Å². The van der Waals surface area contributed by atoms with Crippen molar-refractivity contribution in [1.82, 2.24) is 20.5 Å². The number of nitrogens with zero attached hydrogens (tertiary/aromatic N) is 2. The number of aliphatic carboxylic acids is 1. The van der Waals surface area contributed by atoms with Gasteiger partial charge in [-0.15, -0.1) is 5.10 Å². The molecule has 1 aromatic heterocycles. The second-order valence-electron chi connectivity index (χ2n) is 7.71. The zero-order valence-electron chi connectivity index (χ0n) is 16.2. The lowest BCUT2D eigenvalue weighted by atomic mass is 9.92. The third-order valence-electron chi connectivity index (χ3n) is 5.51. The maximum absolute atomic E-state index is 12.5. The average Bonchev–Trinajstić information content (AvgIpc) is 3.40. The van der Waals surface area contributed by atoms with Crippen LogP contribution in [0.5, 0.6) is 6.01 Å². The predicted molar refractivity (Wildman–Crippen MR) is 109 cm³/mol. The molecule has 1 unspecified atom stereocenters. The van der Waals surface area contributed by atoms with E-state index in [1.54, 1.807) is 0 Å². The molecule has 8 nitrogen and oxygen atoms in total. The van der Waals surface area contributed by atoms with Gasteiger partial charge in [-0.05, 0) is 42.4 Å². The molecule has 0 bridgehead atoms. The molecule has 3 aromatic rings. The van der Waals surface area contributed by atoms with Gasteiger partial charge in [0.1, 0.15) is 0 Å². The number of carboxylic acid groups (broad SMARTS) is 1. The van der Waals surface area contributed by atoms with Gasteiger partial charge in [0.15, 0.2) is 0 Å². The van der Waals surface area contributed by atoms with Crippen LogP contribution in [0.2, 0.25) is 0 Å². The molecule has 1 fully saturated rings. The van der Waals surface area contributed by atoms with E-state index < -0.39 is 29.3 Å². The Labute approximate surface area is 173 Å². The van der Waals surface area contributed by atoms with E-state index in [-0.39, 0.29) is 5.82 Å². The fraction of sp³-hybridized carbons (Fsp3) is 0.273. The van der Waals surface area contributed by atoms with E-state index in [1.807, 2.05) is 54.6 Å². The maximum atomic E-state index is 12.5. The number of aromatic hydroxyl groups is 1. The Kier molecular flexibility index (Phi) is 5.22. The lowest BCUT2D eigenvalue weighted by Crippen LogP contribution is -2.40. The molecule has 1 amide bonds. The van der Waals surface area contributed by atoms with E-state index in [9.17, 15) is 19.8 Å². The number of aromatic amines is 1. The van der Waals surface area contributed by atoms with Gasteiger partial charge in [0, 0.05) is 6.04 Å². The number of H-pyrrole nitrogens is 1. The van der Waals surface area contributed by atoms with E-state index in [4.69, 9.17) is 0 Å². The summed E-state index contributed by atoms with van der Waals surface area (Å²) in [5.74, 6) is -1.48. The van der Waals surface area contributed by atoms with Crippen LogP contribution in [0.1, 0.15) is 35.4 Å². The van der Waals surface area contributed by atoms with Crippen molar-refractivity contribution < 1.29 is 19.8 Å². The molecule has 0 radical (unpaired) electrons. The zero-order valence-corrected chi connectivity index (χ0v) is 16.2. The van der Waals surface area contributed by atoms with Crippen LogP contribution in [0.15, 0.2) is 54.6 Å². The summed E-state index contributed by atoms with van der Waals surface area (Å²) in [6, 6.07) is 17.1. The normalized spacial score (nSPS) is 15.3. The minimum Gasteiger partial charge on any atom is -0.481 e. The Balaban J connectivity index is 1.50. The molecule has 0 aliphatic heterocycles. The number of hydrogen-bond acceptors (Lipinski definition) is 5. The standard InChI is InChI=1S/C22H22N4O4/c27-19(18-24-21(30)26-25-18)23-17(13-22(10-11-22)20(28)29)12-14-6-8-16(9-7-14)15-4-2-1-3-5-15/h1-9,17H,10-13H2,(H,23,27)(H,28,29)(H2,24,25,26,30). The summed E-state index contributed by atoms with van der Waals surface area (Å²) in [6.45, 7) is 0. The summed E-state index contributed by atoms with van der Waals surface area (Å²) >= 11 is 0. The van der Waals surface area contributed by atoms with Crippen LogP contribution >= 0.6 is 0 Å². The topological polar surface area (TPSA) is 128 Å². The van der Waals surface area contributed by atoms with Crippen molar-refractivity contribution in [2.75, 3.05) is 0 Å². The van der Waals surface area contributed by atoms with Gasteiger partial charge < -0.3 is 15.5 Å². The van der Waals surface area contributed by atoms with Crippen molar-refractivity contribution in [2.45, 2.75) is 31.7 Å². The van der Waals surface area contributed by atoms with E-state index in [0.717, 1.165) is 16.7 Å². The molecule has 1 heterocycles. The van der Waals surface area contributed by atoms with E-state index >= 15 is 0 Å². The summed E-state index contributed by atoms with van der Waals surface area (Å²) in [5.41, 5.74) is 2.40. The summed E-state index contributed by atoms with van der Waals surface area (Å²) < 4.78 is 0. The Morgan fingerprint density at radius 2 is 1.73 bits per heavy atom. The quantitative estimate of drug-likeness (QED) is 0.455. The highest BCUT2D eigenvalue weighted by Crippen LogP contribution is 2.50. The fourth-order valence-corrected chi connectivity index (χ4v) is 3.66. The van der Waals surface area contributed by atoms with Crippen LogP contribution in [0.3, 0.4) is 0 Å². The van der Waals surface area contributed by atoms with Crippen LogP contribution in [0, 0.1) is 5.41 Å². The molecule has 4 N–H and O–H groups in total. The fourth-order valence-electron chi connectivity index (χ4n) is 3.66. The third-order valence-corrected chi connectivity index (χ3v) is 5.51. The monoisotopic (exact) mass is 406 g/mol. The molecule has 1 aliphatic carbocycles. The smallest absolute Gasteiger partial charge is 0.333 e. The number of amides is 1. The second kappa shape index (κ2) is 7.98. The van der Waals surface area contributed by atoms with Crippen LogP contribution in [0.25, 0.3) is 11.1 Å². The van der Waals surface area contributed by atoms with Gasteiger partial charge in [-0.3, -0.25) is 14.7 Å². The molecule has 8 heteroatoms. The molecule has 1 aliphatic rings. The van der Waals surface area contributed by atoms with Crippen molar-refractivity contribution in [3.8, 4) is 17.1 Å². The molecule has 4 rings (SSSR count). The molecular weight excluding hydrogens is 384 g/mol. The first-order valence-electron chi connectivity index (χ1n) is 9.75. The highest BCUT2D eigenvalue weighted by atomic mass is 16.4. The van der Waals surface area contributed by atoms with Gasteiger partial charge in [0.2, 0.25) is 5.82 Å². The minimum atomic E-state index is -0.835. The molecule has 30 heavy (non-hydrogen) atoms. The highest BCUT2D eigenvalue weighted by Gasteiger charge is 2.51. The van der Waals surface area contributed by atoms with Crippen LogP contribution in [0.4, 0.5) is 0 Å². The predicted octanol–water partition coefficient (Wildman–Crippen LogP) is 2.77. The van der Waals surface area contributed by atoms with Crippen molar-refractivity contribution in [1.29, 1.82) is 0 Å². The first-order chi connectivity index (χ1) is 14.4. The average molecular weight is 406 g/mol. The molecule has 1 atom stereocenters. The first kappa shape index (κ1) is 19.6. The van der Waals surface area contributed by atoms with Crippen LogP contribution < -0.4 is 5.32 Å². The zero-order chi connectivity index (χ0) is 21.1. The SMILES string of the molecule is O=C(NC(Cc1ccc(-c2ccccc2)cc1)CC1(C(=O)O)CC1)c1nc(O)n[nH]1. The van der Waals surface area contributed by atoms with Crippen molar-refractivity contribution >= 4 is 11.9 Å². The lowest BCUT2D eigenvalue weighted by Gasteiger charge is -2.22. The summed E-state index contributed by atoms with van der Waals surface area (Å²) in [4.78, 5) is 27.8. The Hall–Kier alpha value is -3.68. The number of hydrogen-bond donors (Lipinski definition) is 4. The van der Waals surface area contributed by atoms with Crippen molar-refractivity contribution in [3.05, 3.63) is 66.0 Å². The van der Waals surface area contributed by atoms with Crippen LogP contribution in [-0.2, 0) is 11.2 Å². The number of carbonyl (C=O) groups is 2. The Bertz CT molecular complexity index is 1040. The van der Waals surface area contributed by atoms with Gasteiger partial charge >= 0.3 is 12.0 Å². The summed E-state index contributed by atoms with van der Waals surface area (Å²) in [7, 11) is 0. The molecule has 0 saturated heterocycles. The van der Waals surface area contributed by atoms with Crippen molar-refractivity contribution in [3.63, 3.8) is 0 Å². The third kappa shape index (κ3) is 4.32. The molecule has 154 valence electrons. The van der Waals surface area contributed by atoms with E-state index in [1.165, 1.54) is 0 Å². The summed E-state index contributed by atoms with van der Waals surface area (Å²) in [5, 5.41) is 27.5. The van der Waals surface area contributed by atoms with E-state index in [0.29, 0.717) is 25.7 Å². The largest absolute Gasteiger partial charge is 0.481 e. The van der Waals surface area contributed by atoms with Gasteiger partial charge in [0.25, 0.3) is 5.91 Å². The van der Waals surface area contributed by atoms with Gasteiger partial charge in [0.05, 0.1) is 5.41 Å². The van der Waals surface area contributed by atoms with Crippen molar-refractivity contribution in [2.24, 2.45) is 5.41 Å². The molecule has 1 saturated carbocycles. The first-order valence-corrected chi connectivity index (χ1v) is 9.75. The van der Waals surface area contributed by atoms with Gasteiger partial charge in [-0.2, -0.15) is 4.98 Å². The maximum Gasteiger partial charge on any atom is 0.333 e.